The number of hydrogen-bond acceptors (Lipinski definition) is 1. The van der Waals surface area contributed by atoms with Crippen LogP contribution in [0.3, 0.4) is 0 Å². The van der Waals surface area contributed by atoms with Crippen molar-refractivity contribution in [2.24, 2.45) is 0 Å². The van der Waals surface area contributed by atoms with E-state index < -0.39 is 16.4 Å². The molecule has 0 aliphatic carbocycles. The molecular formula is C35H54Br2Mg2OSi2. The molecule has 7 heteroatoms. The minimum Gasteiger partial charge on any atom is -1.00 e. The van der Waals surface area contributed by atoms with Crippen molar-refractivity contribution >= 4 is 83.6 Å². The maximum Gasteiger partial charge on any atom is 2.00 e. The maximum atomic E-state index is 5.42. The Hall–Kier alpha value is -0.494. The van der Waals surface area contributed by atoms with Crippen molar-refractivity contribution in [2.45, 2.75) is 52.1 Å². The van der Waals surface area contributed by atoms with Crippen LogP contribution in [0.25, 0.3) is 0 Å². The van der Waals surface area contributed by atoms with Gasteiger partial charge in [-0.1, -0.05) is 115 Å². The van der Waals surface area contributed by atoms with Crippen LogP contribution in [0.4, 0.5) is 0 Å². The summed E-state index contributed by atoms with van der Waals surface area (Å²) in [6, 6.07) is 37.5. The van der Waals surface area contributed by atoms with Crippen LogP contribution >= 0.6 is 15.9 Å². The Bertz CT molecular complexity index is 957. The molecule has 0 saturated heterocycles. The van der Waals surface area contributed by atoms with Gasteiger partial charge in [0.2, 0.25) is 0 Å². The van der Waals surface area contributed by atoms with E-state index in [1.165, 1.54) is 5.19 Å². The van der Waals surface area contributed by atoms with Crippen LogP contribution < -0.4 is 22.2 Å². The molecule has 3 aromatic rings. The fourth-order valence-electron chi connectivity index (χ4n) is 3.41. The fourth-order valence-corrected chi connectivity index (χ4v) is 8.35. The Kier molecular flexibility index (Phi) is 45.0. The zero-order chi connectivity index (χ0) is 27.8. The van der Waals surface area contributed by atoms with Crippen LogP contribution in [0.15, 0.2) is 146 Å². The van der Waals surface area contributed by atoms with Crippen LogP contribution in [0.5, 0.6) is 0 Å². The summed E-state index contributed by atoms with van der Waals surface area (Å²) in [6.07, 6.45) is 7.95. The minimum absolute atomic E-state index is 0. The van der Waals surface area contributed by atoms with Gasteiger partial charge in [0.15, 0.2) is 8.32 Å². The van der Waals surface area contributed by atoms with Crippen LogP contribution in [-0.4, -0.2) is 69.6 Å². The zero-order valence-corrected chi connectivity index (χ0v) is 32.7. The van der Waals surface area contributed by atoms with Crippen molar-refractivity contribution in [1.29, 1.82) is 0 Å². The van der Waals surface area contributed by atoms with Gasteiger partial charge >= 0.3 is 46.1 Å². The predicted molar refractivity (Wildman–Crippen MR) is 203 cm³/mol. The normalized spacial score (nSPS) is 8.86. The van der Waals surface area contributed by atoms with Gasteiger partial charge in [-0.15, -0.1) is 26.3 Å². The Morgan fingerprint density at radius 3 is 1.29 bits per heavy atom. The summed E-state index contributed by atoms with van der Waals surface area (Å²) in [5.41, 5.74) is 0. The summed E-state index contributed by atoms with van der Waals surface area (Å²) >= 11 is 3.31. The van der Waals surface area contributed by atoms with Gasteiger partial charge in [0, 0.05) is 11.6 Å². The van der Waals surface area contributed by atoms with Gasteiger partial charge in [-0.25, -0.2) is 0 Å². The van der Waals surface area contributed by atoms with Crippen LogP contribution in [0, 0.1) is 6.07 Å². The molecule has 0 fully saturated rings. The average Bonchev–Trinajstić information content (AvgIpc) is 2.92. The zero-order valence-electron chi connectivity index (χ0n) is 26.7. The molecule has 0 N–H and O–H groups in total. The van der Waals surface area contributed by atoms with Crippen molar-refractivity contribution in [3.63, 3.8) is 0 Å². The first-order valence-electron chi connectivity index (χ1n) is 12.5. The molecule has 0 aromatic heterocycles. The largest absolute Gasteiger partial charge is 2.00 e. The molecule has 3 aromatic carbocycles. The van der Waals surface area contributed by atoms with Gasteiger partial charge in [0.05, 0.1) is 8.07 Å². The Balaban J connectivity index is -0.0000000647. The third kappa shape index (κ3) is 27.1. The van der Waals surface area contributed by atoms with Gasteiger partial charge < -0.3 is 24.3 Å². The fraction of sp³-hybridized carbons (Fsp3) is 0.257. The van der Waals surface area contributed by atoms with E-state index in [9.17, 15) is 0 Å². The number of benzene rings is 3. The molecule has 0 unspecified atom stereocenters. The first kappa shape index (κ1) is 54.0. The SMILES string of the molecule is Brc1ccccc1.C.C.C=CC[Si](C)(CC=C)OC.C=CC[Si](C)(CC=C)c1ccccc1.[Br-].[H-].[H-].[Mg+2].[Mg+2].[c-]1ccccc1. The quantitative estimate of drug-likeness (QED) is 0.118. The van der Waals surface area contributed by atoms with Gasteiger partial charge in [-0.3, -0.25) is 0 Å². The number of allylic oxidation sites excluding steroid dienone is 4. The first-order valence-corrected chi connectivity index (χ1v) is 19.0. The van der Waals surface area contributed by atoms with Gasteiger partial charge in [-0.2, -0.15) is 36.4 Å². The summed E-state index contributed by atoms with van der Waals surface area (Å²) in [6.45, 7) is 19.7. The smallest absolute Gasteiger partial charge is 1.00 e. The summed E-state index contributed by atoms with van der Waals surface area (Å²) in [5.74, 6) is 0. The number of rotatable bonds is 10. The number of hydrogen-bond donors (Lipinski definition) is 0. The van der Waals surface area contributed by atoms with Crippen molar-refractivity contribution < 1.29 is 24.3 Å². The average molecular weight is 755 g/mol. The van der Waals surface area contributed by atoms with Gasteiger partial charge in [-0.05, 0) is 42.9 Å². The van der Waals surface area contributed by atoms with Crippen molar-refractivity contribution in [2.75, 3.05) is 7.11 Å². The van der Waals surface area contributed by atoms with E-state index in [0.717, 1.165) is 28.6 Å². The molecular weight excluding hydrogens is 701 g/mol. The van der Waals surface area contributed by atoms with E-state index in [0.29, 0.717) is 0 Å². The summed E-state index contributed by atoms with van der Waals surface area (Å²) < 4.78 is 6.55. The summed E-state index contributed by atoms with van der Waals surface area (Å²) in [7, 11) is -1.04. The molecule has 1 nitrogen and oxygen atoms in total. The second-order valence-electron chi connectivity index (χ2n) is 8.92. The summed E-state index contributed by atoms with van der Waals surface area (Å²) in [4.78, 5) is 0. The Labute approximate surface area is 316 Å². The molecule has 0 heterocycles. The second-order valence-corrected chi connectivity index (χ2v) is 18.5. The molecule has 0 bridgehead atoms. The third-order valence-corrected chi connectivity index (χ3v) is 13.6. The standard InChI is InChI=1S/C13H18Si.C8H16OSi.C6H5Br.C6H5.2CH4.BrH.2Mg.2H/c1-4-11-14(3,12-5-2)13-9-7-6-8-10-13;1-5-7-10(4,9-3)8-6-2;7-6-4-2-1-3-5-6;1-2-4-6-5-3-1;;;;;;;/h4-10H,1-2,11-12H2,3H3;5-6H,1-2,7-8H2,3-4H3;1-5H;1-5H;2*1H4;1H;;;;/q;;;-1;;;;2*+2;2*-1/p-1. The monoisotopic (exact) mass is 752 g/mol. The first-order chi connectivity index (χ1) is 17.8. The van der Waals surface area contributed by atoms with Gasteiger partial charge in [0.1, 0.15) is 0 Å². The van der Waals surface area contributed by atoms with Crippen LogP contribution in [0.1, 0.15) is 17.7 Å². The maximum absolute atomic E-state index is 5.42. The Morgan fingerprint density at radius 2 is 1.05 bits per heavy atom. The topological polar surface area (TPSA) is 9.23 Å². The molecule has 226 valence electrons. The van der Waals surface area contributed by atoms with Crippen LogP contribution in [0.2, 0.25) is 37.3 Å². The molecule has 0 saturated carbocycles. The van der Waals surface area contributed by atoms with Crippen molar-refractivity contribution in [3.05, 3.63) is 152 Å². The molecule has 0 aliphatic heterocycles. The molecule has 0 radical (unpaired) electrons. The molecule has 42 heavy (non-hydrogen) atoms. The van der Waals surface area contributed by atoms with Crippen molar-refractivity contribution in [3.8, 4) is 0 Å². The Morgan fingerprint density at radius 1 is 0.690 bits per heavy atom. The third-order valence-electron chi connectivity index (χ3n) is 5.65. The van der Waals surface area contributed by atoms with E-state index in [1.54, 1.807) is 7.11 Å². The van der Waals surface area contributed by atoms with Gasteiger partial charge in [0.25, 0.3) is 0 Å². The molecule has 0 atom stereocenters. The van der Waals surface area contributed by atoms with E-state index in [-0.39, 0.29) is 80.8 Å². The molecule has 0 aliphatic rings. The van der Waals surface area contributed by atoms with Crippen LogP contribution in [-0.2, 0) is 4.43 Å². The predicted octanol–water partition coefficient (Wildman–Crippen LogP) is 7.60. The van der Waals surface area contributed by atoms with E-state index in [2.05, 4.69) is 91.7 Å². The summed E-state index contributed by atoms with van der Waals surface area (Å²) in [5, 5.41) is 1.50. The van der Waals surface area contributed by atoms with E-state index in [1.807, 2.05) is 85.0 Å². The molecule has 0 amide bonds. The second kappa shape index (κ2) is 35.0. The minimum atomic E-state index is -1.46. The number of halogens is 2. The van der Waals surface area contributed by atoms with E-state index in [4.69, 9.17) is 4.43 Å². The molecule has 0 spiro atoms. The molecule has 3 rings (SSSR count). The van der Waals surface area contributed by atoms with Crippen molar-refractivity contribution in [1.82, 2.24) is 0 Å². The van der Waals surface area contributed by atoms with E-state index >= 15 is 0 Å².